The molecule has 1 saturated carbocycles. The van der Waals surface area contributed by atoms with E-state index in [1.807, 2.05) is 37.9 Å². The summed E-state index contributed by atoms with van der Waals surface area (Å²) in [6, 6.07) is 12.0. The van der Waals surface area contributed by atoms with Crippen molar-refractivity contribution in [2.45, 2.75) is 57.4 Å². The first-order valence-electron chi connectivity index (χ1n) is 10.2. The first-order valence-corrected chi connectivity index (χ1v) is 11.6. The van der Waals surface area contributed by atoms with Crippen molar-refractivity contribution in [3.05, 3.63) is 59.2 Å². The molecule has 6 heteroatoms. The third kappa shape index (κ3) is 4.81. The van der Waals surface area contributed by atoms with Gasteiger partial charge in [0.2, 0.25) is 0 Å². The normalized spacial score (nSPS) is 19.6. The summed E-state index contributed by atoms with van der Waals surface area (Å²) >= 11 is 0. The van der Waals surface area contributed by atoms with Crippen LogP contribution in [-0.4, -0.2) is 32.3 Å². The van der Waals surface area contributed by atoms with Crippen LogP contribution in [0.2, 0.25) is 0 Å². The van der Waals surface area contributed by atoms with Crippen LogP contribution in [0.5, 0.6) is 0 Å². The third-order valence-corrected chi connectivity index (χ3v) is 7.50. The highest BCUT2D eigenvalue weighted by Crippen LogP contribution is 2.27. The largest absolute Gasteiger partial charge is 0.339 e. The van der Waals surface area contributed by atoms with Crippen molar-refractivity contribution in [1.29, 1.82) is 0 Å². The summed E-state index contributed by atoms with van der Waals surface area (Å²) in [6.07, 6.45) is 4.33. The van der Waals surface area contributed by atoms with Crippen LogP contribution in [0.1, 0.15) is 54.1 Å². The number of hydrogen-bond donors (Lipinski definition) is 1. The molecule has 1 fully saturated rings. The SMILES string of the molecule is Cc1cccc(NS(=O)(=O)c2ccc(C(=O)N(C)C3CCC(C)CC3)cc2)c1C. The maximum absolute atomic E-state index is 12.8. The fourth-order valence-corrected chi connectivity index (χ4v) is 4.96. The quantitative estimate of drug-likeness (QED) is 0.767. The Kier molecular flexibility index (Phi) is 6.32. The van der Waals surface area contributed by atoms with Crippen molar-refractivity contribution in [3.8, 4) is 0 Å². The van der Waals surface area contributed by atoms with E-state index in [9.17, 15) is 13.2 Å². The molecule has 0 aromatic heterocycles. The van der Waals surface area contributed by atoms with Gasteiger partial charge in [-0.05, 0) is 86.9 Å². The highest BCUT2D eigenvalue weighted by molar-refractivity contribution is 7.92. The molecule has 1 N–H and O–H groups in total. The van der Waals surface area contributed by atoms with E-state index in [1.54, 1.807) is 18.2 Å². The van der Waals surface area contributed by atoms with E-state index in [0.717, 1.165) is 42.7 Å². The van der Waals surface area contributed by atoms with E-state index < -0.39 is 10.0 Å². The van der Waals surface area contributed by atoms with Crippen LogP contribution in [0.3, 0.4) is 0 Å². The van der Waals surface area contributed by atoms with Crippen molar-refractivity contribution in [2.24, 2.45) is 5.92 Å². The van der Waals surface area contributed by atoms with E-state index in [0.29, 0.717) is 11.3 Å². The second-order valence-electron chi connectivity index (χ2n) is 8.21. The number of nitrogens with zero attached hydrogens (tertiary/aromatic N) is 1. The molecule has 2 aromatic carbocycles. The number of hydrogen-bond acceptors (Lipinski definition) is 3. The summed E-state index contributed by atoms with van der Waals surface area (Å²) in [4.78, 5) is 14.8. The van der Waals surface area contributed by atoms with Crippen molar-refractivity contribution in [1.82, 2.24) is 4.90 Å². The summed E-state index contributed by atoms with van der Waals surface area (Å²) in [5, 5.41) is 0. The number of amides is 1. The topological polar surface area (TPSA) is 66.5 Å². The molecule has 0 spiro atoms. The molecule has 0 aliphatic heterocycles. The van der Waals surface area contributed by atoms with Crippen LogP contribution in [0.4, 0.5) is 5.69 Å². The van der Waals surface area contributed by atoms with Crippen molar-refractivity contribution < 1.29 is 13.2 Å². The minimum atomic E-state index is -3.72. The van der Waals surface area contributed by atoms with E-state index in [2.05, 4.69) is 11.6 Å². The average Bonchev–Trinajstić information content (AvgIpc) is 2.71. The molecule has 29 heavy (non-hydrogen) atoms. The summed E-state index contributed by atoms with van der Waals surface area (Å²) in [6.45, 7) is 6.08. The fraction of sp³-hybridized carbons (Fsp3) is 0.435. The number of benzene rings is 2. The van der Waals surface area contributed by atoms with E-state index in [4.69, 9.17) is 0 Å². The lowest BCUT2D eigenvalue weighted by atomic mass is 9.86. The summed E-state index contributed by atoms with van der Waals surface area (Å²) in [5.74, 6) is 0.666. The molecular formula is C23H30N2O3S. The Morgan fingerprint density at radius 1 is 1.00 bits per heavy atom. The van der Waals surface area contributed by atoms with Gasteiger partial charge >= 0.3 is 0 Å². The van der Waals surface area contributed by atoms with Gasteiger partial charge in [-0.2, -0.15) is 0 Å². The molecule has 0 saturated heterocycles. The first-order chi connectivity index (χ1) is 13.7. The Bertz CT molecular complexity index is 976. The first kappa shape index (κ1) is 21.4. The summed E-state index contributed by atoms with van der Waals surface area (Å²) in [5.41, 5.74) is 2.99. The number of carbonyl (C=O) groups excluding carboxylic acids is 1. The van der Waals surface area contributed by atoms with Gasteiger partial charge in [0.1, 0.15) is 0 Å². The van der Waals surface area contributed by atoms with Crippen molar-refractivity contribution in [2.75, 3.05) is 11.8 Å². The molecule has 1 aliphatic rings. The van der Waals surface area contributed by atoms with Crippen LogP contribution in [0.25, 0.3) is 0 Å². The smallest absolute Gasteiger partial charge is 0.261 e. The Morgan fingerprint density at radius 3 is 2.24 bits per heavy atom. The van der Waals surface area contributed by atoms with Gasteiger partial charge < -0.3 is 4.90 Å². The summed E-state index contributed by atoms with van der Waals surface area (Å²) in [7, 11) is -1.87. The van der Waals surface area contributed by atoms with Gasteiger partial charge in [-0.25, -0.2) is 8.42 Å². The van der Waals surface area contributed by atoms with Gasteiger partial charge in [0.05, 0.1) is 10.6 Å². The minimum Gasteiger partial charge on any atom is -0.339 e. The van der Waals surface area contributed by atoms with Gasteiger partial charge in [0.25, 0.3) is 15.9 Å². The highest BCUT2D eigenvalue weighted by Gasteiger charge is 2.26. The Labute approximate surface area is 174 Å². The molecule has 0 bridgehead atoms. The summed E-state index contributed by atoms with van der Waals surface area (Å²) < 4.78 is 28.2. The molecule has 0 heterocycles. The third-order valence-electron chi connectivity index (χ3n) is 6.11. The van der Waals surface area contributed by atoms with Crippen LogP contribution in [0, 0.1) is 19.8 Å². The molecule has 2 aromatic rings. The van der Waals surface area contributed by atoms with Crippen LogP contribution >= 0.6 is 0 Å². The van der Waals surface area contributed by atoms with E-state index in [-0.39, 0.29) is 16.8 Å². The molecular weight excluding hydrogens is 384 g/mol. The molecule has 1 amide bonds. The van der Waals surface area contributed by atoms with Crippen LogP contribution in [-0.2, 0) is 10.0 Å². The lowest BCUT2D eigenvalue weighted by molar-refractivity contribution is 0.0679. The molecule has 1 aliphatic carbocycles. The number of carbonyl (C=O) groups is 1. The van der Waals surface area contributed by atoms with E-state index >= 15 is 0 Å². The second kappa shape index (κ2) is 8.57. The zero-order valence-corrected chi connectivity index (χ0v) is 18.4. The van der Waals surface area contributed by atoms with Crippen molar-refractivity contribution in [3.63, 3.8) is 0 Å². The average molecular weight is 415 g/mol. The zero-order valence-electron chi connectivity index (χ0n) is 17.6. The molecule has 3 rings (SSSR count). The predicted molar refractivity (Wildman–Crippen MR) is 117 cm³/mol. The van der Waals surface area contributed by atoms with Gasteiger partial charge in [-0.3, -0.25) is 9.52 Å². The predicted octanol–water partition coefficient (Wildman–Crippen LogP) is 4.75. The Balaban J connectivity index is 1.73. The maximum Gasteiger partial charge on any atom is 0.261 e. The second-order valence-corrected chi connectivity index (χ2v) is 9.89. The molecule has 5 nitrogen and oxygen atoms in total. The fourth-order valence-electron chi connectivity index (χ4n) is 3.84. The van der Waals surface area contributed by atoms with Gasteiger partial charge in [-0.15, -0.1) is 0 Å². The molecule has 0 radical (unpaired) electrons. The number of nitrogens with one attached hydrogen (secondary N) is 1. The molecule has 0 unspecified atom stereocenters. The van der Waals surface area contributed by atoms with Gasteiger partial charge in [-0.1, -0.05) is 19.1 Å². The lowest BCUT2D eigenvalue weighted by Gasteiger charge is -2.33. The monoisotopic (exact) mass is 414 g/mol. The van der Waals surface area contributed by atoms with Gasteiger partial charge in [0, 0.05) is 18.7 Å². The minimum absolute atomic E-state index is 0.0593. The number of aryl methyl sites for hydroxylation is 1. The number of sulfonamides is 1. The number of rotatable bonds is 5. The van der Waals surface area contributed by atoms with Crippen LogP contribution in [0.15, 0.2) is 47.4 Å². The highest BCUT2D eigenvalue weighted by atomic mass is 32.2. The van der Waals surface area contributed by atoms with E-state index in [1.165, 1.54) is 12.1 Å². The zero-order chi connectivity index (χ0) is 21.2. The number of anilines is 1. The molecule has 0 atom stereocenters. The van der Waals surface area contributed by atoms with Gasteiger partial charge in [0.15, 0.2) is 0 Å². The van der Waals surface area contributed by atoms with Crippen molar-refractivity contribution >= 4 is 21.6 Å². The standard InChI is InChI=1S/C23H30N2O3S/c1-16-8-12-20(13-9-16)25(4)23(26)19-10-14-21(15-11-19)29(27,28)24-22-7-5-6-17(2)18(22)3/h5-7,10-11,14-16,20,24H,8-9,12-13H2,1-4H3. The lowest BCUT2D eigenvalue weighted by Crippen LogP contribution is -2.39. The van der Waals surface area contributed by atoms with Crippen LogP contribution < -0.4 is 4.72 Å². The molecule has 156 valence electrons. The Hall–Kier alpha value is -2.34. The maximum atomic E-state index is 12.8. The Morgan fingerprint density at radius 2 is 1.62 bits per heavy atom.